The molecule has 0 aliphatic rings. The number of amides is 1. The van der Waals surface area contributed by atoms with Crippen molar-refractivity contribution in [1.29, 1.82) is 0 Å². The van der Waals surface area contributed by atoms with E-state index in [9.17, 15) is 4.79 Å². The zero-order valence-corrected chi connectivity index (χ0v) is 13.4. The first-order valence-corrected chi connectivity index (χ1v) is 7.90. The van der Waals surface area contributed by atoms with Gasteiger partial charge in [0.15, 0.2) is 0 Å². The summed E-state index contributed by atoms with van der Waals surface area (Å²) in [4.78, 5) is 18.7. The van der Waals surface area contributed by atoms with Crippen molar-refractivity contribution in [3.63, 3.8) is 0 Å². The molecule has 0 spiro atoms. The third-order valence-electron chi connectivity index (χ3n) is 3.70. The number of anilines is 1. The standard InChI is InChI=1S/C16H21N3OS/c1-12(2)9-16(15(17)20,13-7-5-4-6-8-13)19(3)14-10-21-11-18-14/h4-8,10-12H,9H2,1-3H3,(H2,17,20)/t16-/m0/s1. The molecule has 0 fully saturated rings. The van der Waals surface area contributed by atoms with E-state index < -0.39 is 5.54 Å². The van der Waals surface area contributed by atoms with E-state index >= 15 is 0 Å². The highest BCUT2D eigenvalue weighted by Crippen LogP contribution is 2.37. The Morgan fingerprint density at radius 2 is 2.05 bits per heavy atom. The van der Waals surface area contributed by atoms with Gasteiger partial charge in [-0.05, 0) is 17.9 Å². The van der Waals surface area contributed by atoms with Crippen molar-refractivity contribution in [3.8, 4) is 0 Å². The molecule has 1 amide bonds. The second-order valence-electron chi connectivity index (χ2n) is 5.59. The number of nitrogens with zero attached hydrogens (tertiary/aromatic N) is 2. The third-order valence-corrected chi connectivity index (χ3v) is 4.27. The quantitative estimate of drug-likeness (QED) is 0.892. The van der Waals surface area contributed by atoms with Crippen molar-refractivity contribution in [3.05, 3.63) is 46.8 Å². The van der Waals surface area contributed by atoms with Gasteiger partial charge in [-0.15, -0.1) is 11.3 Å². The van der Waals surface area contributed by atoms with Crippen LogP contribution in [0.1, 0.15) is 25.8 Å². The van der Waals surface area contributed by atoms with Crippen molar-refractivity contribution in [1.82, 2.24) is 4.98 Å². The van der Waals surface area contributed by atoms with E-state index in [0.29, 0.717) is 12.3 Å². The van der Waals surface area contributed by atoms with Crippen molar-refractivity contribution in [2.75, 3.05) is 11.9 Å². The summed E-state index contributed by atoms with van der Waals surface area (Å²) in [7, 11) is 1.88. The Hall–Kier alpha value is -1.88. The van der Waals surface area contributed by atoms with Gasteiger partial charge in [-0.1, -0.05) is 44.2 Å². The topological polar surface area (TPSA) is 59.2 Å². The molecule has 112 valence electrons. The highest BCUT2D eigenvalue weighted by Gasteiger charge is 2.43. The van der Waals surface area contributed by atoms with Crippen molar-refractivity contribution in [2.45, 2.75) is 25.8 Å². The lowest BCUT2D eigenvalue weighted by atomic mass is 9.80. The van der Waals surface area contributed by atoms with Crippen LogP contribution in [-0.2, 0) is 10.3 Å². The first-order valence-electron chi connectivity index (χ1n) is 6.96. The second-order valence-corrected chi connectivity index (χ2v) is 6.31. The Morgan fingerprint density at radius 1 is 1.38 bits per heavy atom. The van der Waals surface area contributed by atoms with E-state index in [1.807, 2.05) is 47.7 Å². The molecule has 1 aromatic heterocycles. The van der Waals surface area contributed by atoms with Crippen LogP contribution < -0.4 is 10.6 Å². The molecule has 0 radical (unpaired) electrons. The average molecular weight is 303 g/mol. The normalized spacial score (nSPS) is 13.9. The second kappa shape index (κ2) is 6.26. The van der Waals surface area contributed by atoms with Gasteiger partial charge < -0.3 is 10.6 Å². The van der Waals surface area contributed by atoms with Crippen LogP contribution >= 0.6 is 11.3 Å². The van der Waals surface area contributed by atoms with Crippen LogP contribution in [0.5, 0.6) is 0 Å². The molecule has 0 aliphatic heterocycles. The van der Waals surface area contributed by atoms with Gasteiger partial charge in [0.2, 0.25) is 5.91 Å². The summed E-state index contributed by atoms with van der Waals surface area (Å²) in [6, 6.07) is 9.71. The van der Waals surface area contributed by atoms with Gasteiger partial charge in [-0.25, -0.2) is 4.98 Å². The number of carbonyl (C=O) groups is 1. The summed E-state index contributed by atoms with van der Waals surface area (Å²) in [5, 5.41) is 1.93. The number of aromatic nitrogens is 1. The zero-order chi connectivity index (χ0) is 15.5. The van der Waals surface area contributed by atoms with Crippen molar-refractivity contribution >= 4 is 23.1 Å². The number of likely N-dealkylation sites (N-methyl/N-ethyl adjacent to an activating group) is 1. The van der Waals surface area contributed by atoms with Crippen molar-refractivity contribution in [2.24, 2.45) is 11.7 Å². The predicted octanol–water partition coefficient (Wildman–Crippen LogP) is 3.01. The summed E-state index contributed by atoms with van der Waals surface area (Å²) in [5.41, 5.74) is 7.63. The lowest BCUT2D eigenvalue weighted by Crippen LogP contribution is -2.54. The summed E-state index contributed by atoms with van der Waals surface area (Å²) < 4.78 is 0. The number of nitrogens with two attached hydrogens (primary N) is 1. The minimum absolute atomic E-state index is 0.318. The zero-order valence-electron chi connectivity index (χ0n) is 12.6. The largest absolute Gasteiger partial charge is 0.367 e. The molecule has 1 atom stereocenters. The average Bonchev–Trinajstić information content (AvgIpc) is 2.98. The van der Waals surface area contributed by atoms with Gasteiger partial charge in [0.25, 0.3) is 0 Å². The van der Waals surface area contributed by atoms with E-state index in [2.05, 4.69) is 18.8 Å². The monoisotopic (exact) mass is 303 g/mol. The van der Waals surface area contributed by atoms with E-state index in [0.717, 1.165) is 11.4 Å². The highest BCUT2D eigenvalue weighted by atomic mass is 32.1. The molecule has 0 bridgehead atoms. The molecular weight excluding hydrogens is 282 g/mol. The van der Waals surface area contributed by atoms with Crippen LogP contribution in [0, 0.1) is 5.92 Å². The maximum absolute atomic E-state index is 12.5. The molecular formula is C16H21N3OS. The van der Waals surface area contributed by atoms with Gasteiger partial charge >= 0.3 is 0 Å². The Morgan fingerprint density at radius 3 is 2.52 bits per heavy atom. The summed E-state index contributed by atoms with van der Waals surface area (Å²) in [6.07, 6.45) is 0.639. The fourth-order valence-electron chi connectivity index (χ4n) is 2.73. The molecule has 21 heavy (non-hydrogen) atoms. The van der Waals surface area contributed by atoms with Gasteiger partial charge in [0, 0.05) is 12.4 Å². The Labute approximate surface area is 129 Å². The molecule has 1 heterocycles. The highest BCUT2D eigenvalue weighted by molar-refractivity contribution is 7.07. The van der Waals surface area contributed by atoms with Gasteiger partial charge in [-0.2, -0.15) is 0 Å². The number of hydrogen-bond donors (Lipinski definition) is 1. The van der Waals surface area contributed by atoms with Gasteiger partial charge in [-0.3, -0.25) is 4.79 Å². The molecule has 0 aliphatic carbocycles. The third kappa shape index (κ3) is 2.93. The fourth-order valence-corrected chi connectivity index (χ4v) is 3.30. The minimum Gasteiger partial charge on any atom is -0.367 e. The molecule has 1 aromatic carbocycles. The van der Waals surface area contributed by atoms with E-state index in [1.165, 1.54) is 11.3 Å². The maximum atomic E-state index is 12.5. The van der Waals surface area contributed by atoms with Crippen LogP contribution in [-0.4, -0.2) is 17.9 Å². The maximum Gasteiger partial charge on any atom is 0.248 e. The van der Waals surface area contributed by atoms with E-state index in [-0.39, 0.29) is 5.91 Å². The number of benzene rings is 1. The molecule has 2 N–H and O–H groups in total. The van der Waals surface area contributed by atoms with E-state index in [1.54, 1.807) is 5.51 Å². The molecule has 0 saturated carbocycles. The lowest BCUT2D eigenvalue weighted by Gasteiger charge is -2.41. The Bertz CT molecular complexity index is 583. The number of hydrogen-bond acceptors (Lipinski definition) is 4. The molecule has 2 aromatic rings. The smallest absolute Gasteiger partial charge is 0.248 e. The van der Waals surface area contributed by atoms with Crippen LogP contribution in [0.4, 0.5) is 5.82 Å². The number of thiazole rings is 1. The van der Waals surface area contributed by atoms with E-state index in [4.69, 9.17) is 5.73 Å². The predicted molar refractivity (Wildman–Crippen MR) is 87.3 cm³/mol. The summed E-state index contributed by atoms with van der Waals surface area (Å²) >= 11 is 1.50. The molecule has 0 saturated heterocycles. The number of carbonyl (C=O) groups excluding carboxylic acids is 1. The van der Waals surface area contributed by atoms with Gasteiger partial charge in [0.05, 0.1) is 5.51 Å². The van der Waals surface area contributed by atoms with Crippen LogP contribution in [0.3, 0.4) is 0 Å². The summed E-state index contributed by atoms with van der Waals surface area (Å²) in [6.45, 7) is 4.19. The van der Waals surface area contributed by atoms with Gasteiger partial charge in [0.1, 0.15) is 11.4 Å². The van der Waals surface area contributed by atoms with Crippen LogP contribution in [0.15, 0.2) is 41.2 Å². The number of rotatable bonds is 6. The van der Waals surface area contributed by atoms with Crippen LogP contribution in [0.2, 0.25) is 0 Å². The SMILES string of the molecule is CC(C)C[C@@](C(N)=O)(c1ccccc1)N(C)c1cscn1. The molecule has 0 unspecified atom stereocenters. The van der Waals surface area contributed by atoms with Crippen molar-refractivity contribution < 1.29 is 4.79 Å². The molecule has 4 nitrogen and oxygen atoms in total. The first kappa shape index (κ1) is 15.5. The summed E-state index contributed by atoms with van der Waals surface area (Å²) in [5.74, 6) is 0.736. The number of primary amides is 1. The minimum atomic E-state index is -0.885. The Kier molecular flexibility index (Phi) is 4.63. The molecule has 2 rings (SSSR count). The lowest BCUT2D eigenvalue weighted by molar-refractivity contribution is -0.124. The first-order chi connectivity index (χ1) is 9.98. The van der Waals surface area contributed by atoms with Crippen LogP contribution in [0.25, 0.3) is 0 Å². The fraction of sp³-hybridized carbons (Fsp3) is 0.375. The molecule has 5 heteroatoms. The Balaban J connectivity index is 2.59.